The van der Waals surface area contributed by atoms with Gasteiger partial charge in [-0.05, 0) is 35.5 Å². The molecule has 0 unspecified atom stereocenters. The lowest BCUT2D eigenvalue weighted by molar-refractivity contribution is -0.115. The Bertz CT molecular complexity index is 829. The van der Waals surface area contributed by atoms with E-state index < -0.39 is 5.97 Å². The number of nitrogens with one attached hydrogen (secondary N) is 1. The van der Waals surface area contributed by atoms with Crippen molar-refractivity contribution >= 4 is 40.6 Å². The van der Waals surface area contributed by atoms with E-state index in [1.54, 1.807) is 24.3 Å². The first-order chi connectivity index (χ1) is 11.1. The molecule has 0 aromatic heterocycles. The molecule has 0 bridgehead atoms. The Morgan fingerprint density at radius 3 is 2.52 bits per heavy atom. The highest BCUT2D eigenvalue weighted by atomic mass is 32.2. The number of aromatic carboxylic acids is 1. The van der Waals surface area contributed by atoms with Crippen LogP contribution in [0.15, 0.2) is 64.5 Å². The topological polar surface area (TPSA) is 78.8 Å². The highest BCUT2D eigenvalue weighted by Gasteiger charge is 2.24. The van der Waals surface area contributed by atoms with Crippen LogP contribution in [0.25, 0.3) is 6.08 Å². The van der Waals surface area contributed by atoms with Crippen molar-refractivity contribution in [1.82, 2.24) is 5.32 Å². The van der Waals surface area contributed by atoms with Gasteiger partial charge in [0, 0.05) is 0 Å². The summed E-state index contributed by atoms with van der Waals surface area (Å²) in [6.45, 7) is 0. The van der Waals surface area contributed by atoms with Gasteiger partial charge in [-0.1, -0.05) is 42.5 Å². The average Bonchev–Trinajstić information content (AvgIpc) is 2.88. The molecule has 0 spiro atoms. The van der Waals surface area contributed by atoms with Gasteiger partial charge in [0.15, 0.2) is 5.17 Å². The van der Waals surface area contributed by atoms with Crippen molar-refractivity contribution in [2.45, 2.75) is 0 Å². The van der Waals surface area contributed by atoms with Crippen LogP contribution in [-0.2, 0) is 4.79 Å². The number of carboxylic acids is 1. The number of carbonyl (C=O) groups excluding carboxylic acids is 1. The monoisotopic (exact) mass is 324 g/mol. The molecular weight excluding hydrogens is 312 g/mol. The molecule has 1 aliphatic heterocycles. The van der Waals surface area contributed by atoms with E-state index >= 15 is 0 Å². The lowest BCUT2D eigenvalue weighted by Gasteiger charge is -2.00. The Hall–Kier alpha value is -2.86. The van der Waals surface area contributed by atoms with Gasteiger partial charge in [0.1, 0.15) is 0 Å². The Kier molecular flexibility index (Phi) is 4.25. The Balaban J connectivity index is 1.88. The maximum Gasteiger partial charge on any atom is 0.337 e. The number of aliphatic imine (C=N–C) groups is 1. The van der Waals surface area contributed by atoms with E-state index in [2.05, 4.69) is 10.3 Å². The summed E-state index contributed by atoms with van der Waals surface area (Å²) in [5.74, 6) is -1.30. The normalized spacial score (nSPS) is 17.5. The highest BCUT2D eigenvalue weighted by Crippen LogP contribution is 2.29. The van der Waals surface area contributed by atoms with Crippen LogP contribution in [0.4, 0.5) is 5.69 Å². The quantitative estimate of drug-likeness (QED) is 0.849. The van der Waals surface area contributed by atoms with E-state index in [1.807, 2.05) is 30.3 Å². The van der Waals surface area contributed by atoms with Gasteiger partial charge >= 0.3 is 5.97 Å². The minimum absolute atomic E-state index is 0.0929. The molecule has 0 radical (unpaired) electrons. The van der Waals surface area contributed by atoms with Gasteiger partial charge in [0.25, 0.3) is 5.91 Å². The van der Waals surface area contributed by atoms with Gasteiger partial charge in [-0.15, -0.1) is 0 Å². The van der Waals surface area contributed by atoms with E-state index in [-0.39, 0.29) is 11.5 Å². The van der Waals surface area contributed by atoms with Crippen LogP contribution < -0.4 is 5.32 Å². The second-order valence-corrected chi connectivity index (χ2v) is 5.75. The number of amides is 1. The second-order valence-electron chi connectivity index (χ2n) is 4.71. The molecule has 2 aromatic carbocycles. The zero-order valence-corrected chi connectivity index (χ0v) is 12.7. The van der Waals surface area contributed by atoms with Crippen molar-refractivity contribution in [3.05, 3.63) is 70.6 Å². The van der Waals surface area contributed by atoms with Crippen LogP contribution in [0.5, 0.6) is 0 Å². The zero-order valence-electron chi connectivity index (χ0n) is 11.9. The predicted molar refractivity (Wildman–Crippen MR) is 90.6 cm³/mol. The van der Waals surface area contributed by atoms with Crippen LogP contribution >= 0.6 is 11.8 Å². The van der Waals surface area contributed by atoms with E-state index in [0.717, 1.165) is 5.56 Å². The molecule has 1 amide bonds. The number of benzene rings is 2. The first-order valence-corrected chi connectivity index (χ1v) is 7.62. The standard InChI is InChI=1S/C17H12N2O3S/c20-15-14(10-11-6-2-1-3-7-11)23-17(19-15)18-13-9-5-4-8-12(13)16(21)22/h1-10H,(H,21,22)(H,18,19,20). The summed E-state index contributed by atoms with van der Waals surface area (Å²) in [4.78, 5) is 28.0. The molecule has 0 saturated carbocycles. The molecule has 2 aromatic rings. The van der Waals surface area contributed by atoms with Gasteiger partial charge in [-0.25, -0.2) is 9.79 Å². The van der Waals surface area contributed by atoms with Crippen LogP contribution in [0, 0.1) is 0 Å². The minimum atomic E-state index is -1.06. The molecule has 114 valence electrons. The van der Waals surface area contributed by atoms with Crippen molar-refractivity contribution in [1.29, 1.82) is 0 Å². The zero-order chi connectivity index (χ0) is 16.2. The third-order valence-corrected chi connectivity index (χ3v) is 4.01. The first kappa shape index (κ1) is 15.1. The fourth-order valence-electron chi connectivity index (χ4n) is 2.04. The fourth-order valence-corrected chi connectivity index (χ4v) is 2.88. The summed E-state index contributed by atoms with van der Waals surface area (Å²) in [5.41, 5.74) is 1.32. The molecule has 3 rings (SSSR count). The third kappa shape index (κ3) is 3.49. The summed E-state index contributed by atoms with van der Waals surface area (Å²) >= 11 is 1.19. The summed E-state index contributed by atoms with van der Waals surface area (Å²) < 4.78 is 0. The number of nitrogens with zero attached hydrogens (tertiary/aromatic N) is 1. The number of hydrogen-bond acceptors (Lipinski definition) is 4. The maximum atomic E-state index is 12.0. The molecule has 0 aliphatic carbocycles. The van der Waals surface area contributed by atoms with Crippen LogP contribution in [0.3, 0.4) is 0 Å². The average molecular weight is 324 g/mol. The molecule has 5 nitrogen and oxygen atoms in total. The van der Waals surface area contributed by atoms with Gasteiger partial charge in [-0.3, -0.25) is 4.79 Å². The molecule has 1 fully saturated rings. The van der Waals surface area contributed by atoms with E-state index in [4.69, 9.17) is 5.11 Å². The fraction of sp³-hybridized carbons (Fsp3) is 0. The van der Waals surface area contributed by atoms with E-state index in [9.17, 15) is 9.59 Å². The molecule has 1 aliphatic rings. The molecule has 0 atom stereocenters. The maximum absolute atomic E-state index is 12.0. The molecule has 6 heteroatoms. The number of hydrogen-bond donors (Lipinski definition) is 2. The number of carboxylic acid groups (broad SMARTS) is 1. The number of carbonyl (C=O) groups is 2. The Morgan fingerprint density at radius 1 is 1.09 bits per heavy atom. The van der Waals surface area contributed by atoms with Crippen molar-refractivity contribution in [3.8, 4) is 0 Å². The highest BCUT2D eigenvalue weighted by molar-refractivity contribution is 8.18. The van der Waals surface area contributed by atoms with Crippen molar-refractivity contribution in [2.75, 3.05) is 0 Å². The molecule has 1 heterocycles. The number of thioether (sulfide) groups is 1. The van der Waals surface area contributed by atoms with Gasteiger partial charge in [0.05, 0.1) is 16.2 Å². The number of amidine groups is 1. The third-order valence-electron chi connectivity index (χ3n) is 3.10. The smallest absolute Gasteiger partial charge is 0.337 e. The van der Waals surface area contributed by atoms with Gasteiger partial charge < -0.3 is 10.4 Å². The second kappa shape index (κ2) is 6.50. The predicted octanol–water partition coefficient (Wildman–Crippen LogP) is 3.28. The summed E-state index contributed by atoms with van der Waals surface area (Å²) in [7, 11) is 0. The molecular formula is C17H12N2O3S. The first-order valence-electron chi connectivity index (χ1n) is 6.80. The Morgan fingerprint density at radius 2 is 1.78 bits per heavy atom. The molecule has 1 saturated heterocycles. The van der Waals surface area contributed by atoms with Crippen molar-refractivity contribution in [3.63, 3.8) is 0 Å². The van der Waals surface area contributed by atoms with Crippen LogP contribution in [0.1, 0.15) is 15.9 Å². The summed E-state index contributed by atoms with van der Waals surface area (Å²) in [5, 5.41) is 12.2. The lowest BCUT2D eigenvalue weighted by atomic mass is 10.2. The number of rotatable bonds is 3. The minimum Gasteiger partial charge on any atom is -0.478 e. The summed E-state index contributed by atoms with van der Waals surface area (Å²) in [6, 6.07) is 15.9. The van der Waals surface area contributed by atoms with Crippen LogP contribution in [-0.4, -0.2) is 22.2 Å². The lowest BCUT2D eigenvalue weighted by Crippen LogP contribution is -2.19. The van der Waals surface area contributed by atoms with E-state index in [0.29, 0.717) is 15.8 Å². The number of para-hydroxylation sites is 1. The largest absolute Gasteiger partial charge is 0.478 e. The van der Waals surface area contributed by atoms with Gasteiger partial charge in [0.2, 0.25) is 0 Å². The van der Waals surface area contributed by atoms with Crippen molar-refractivity contribution in [2.24, 2.45) is 4.99 Å². The van der Waals surface area contributed by atoms with Gasteiger partial charge in [-0.2, -0.15) is 0 Å². The SMILES string of the molecule is O=C1NC(=Nc2ccccc2C(=O)O)SC1=Cc1ccccc1. The van der Waals surface area contributed by atoms with Crippen molar-refractivity contribution < 1.29 is 14.7 Å². The summed E-state index contributed by atoms with van der Waals surface area (Å²) in [6.07, 6.45) is 1.77. The molecule has 2 N–H and O–H groups in total. The van der Waals surface area contributed by atoms with Crippen LogP contribution in [0.2, 0.25) is 0 Å². The molecule has 23 heavy (non-hydrogen) atoms. The Labute approximate surface area is 136 Å². The van der Waals surface area contributed by atoms with E-state index in [1.165, 1.54) is 17.8 Å².